The highest BCUT2D eigenvalue weighted by molar-refractivity contribution is 9.09. The molecule has 0 amide bonds. The molecule has 0 radical (unpaired) electrons. The van der Waals surface area contributed by atoms with Gasteiger partial charge in [-0.25, -0.2) is 4.39 Å². The third-order valence-corrected chi connectivity index (χ3v) is 4.81. The highest BCUT2D eigenvalue weighted by Crippen LogP contribution is 2.41. The Morgan fingerprint density at radius 1 is 1.15 bits per heavy atom. The largest absolute Gasteiger partial charge is 0.492 e. The minimum absolute atomic E-state index is 0.0140. The molecule has 2 aromatic carbocycles. The lowest BCUT2D eigenvalue weighted by Crippen LogP contribution is -2.18. The molecule has 0 fully saturated rings. The van der Waals surface area contributed by atoms with E-state index in [9.17, 15) is 4.39 Å². The van der Waals surface area contributed by atoms with E-state index in [2.05, 4.69) is 35.8 Å². The molecule has 1 heterocycles. The first-order chi connectivity index (χ1) is 9.47. The van der Waals surface area contributed by atoms with Crippen LogP contribution in [0.2, 0.25) is 0 Å². The molecule has 1 unspecified atom stereocenters. The van der Waals surface area contributed by atoms with E-state index in [4.69, 9.17) is 4.74 Å². The van der Waals surface area contributed by atoms with E-state index in [1.165, 1.54) is 11.6 Å². The van der Waals surface area contributed by atoms with E-state index in [0.29, 0.717) is 6.61 Å². The van der Waals surface area contributed by atoms with Crippen LogP contribution < -0.4 is 4.74 Å². The van der Waals surface area contributed by atoms with Crippen LogP contribution in [0.15, 0.2) is 42.5 Å². The van der Waals surface area contributed by atoms with Crippen molar-refractivity contribution < 1.29 is 9.13 Å². The first-order valence-electron chi connectivity index (χ1n) is 6.64. The number of fused-ring (bicyclic) bond motifs is 1. The molecule has 1 nitrogen and oxygen atoms in total. The molecule has 0 aromatic heterocycles. The summed E-state index contributed by atoms with van der Waals surface area (Å²) in [6.45, 7) is 5.06. The van der Waals surface area contributed by atoms with Crippen molar-refractivity contribution in [2.75, 3.05) is 6.61 Å². The number of benzene rings is 2. The molecular weight excluding hydrogens is 319 g/mol. The monoisotopic (exact) mass is 334 g/mol. The molecule has 3 rings (SSSR count). The van der Waals surface area contributed by atoms with Gasteiger partial charge in [0.1, 0.15) is 11.6 Å². The van der Waals surface area contributed by atoms with E-state index in [1.807, 2.05) is 18.2 Å². The summed E-state index contributed by atoms with van der Waals surface area (Å²) in [5.74, 6) is 0.745. The number of hydrogen-bond acceptors (Lipinski definition) is 1. The molecule has 1 aliphatic heterocycles. The van der Waals surface area contributed by atoms with Crippen molar-refractivity contribution in [3.8, 4) is 5.75 Å². The van der Waals surface area contributed by atoms with Gasteiger partial charge in [0.25, 0.3) is 0 Å². The lowest BCUT2D eigenvalue weighted by Gasteiger charge is -2.17. The maximum Gasteiger partial charge on any atom is 0.123 e. The second-order valence-corrected chi connectivity index (χ2v) is 6.76. The van der Waals surface area contributed by atoms with Crippen molar-refractivity contribution in [2.24, 2.45) is 0 Å². The molecule has 104 valence electrons. The van der Waals surface area contributed by atoms with E-state index in [-0.39, 0.29) is 16.1 Å². The summed E-state index contributed by atoms with van der Waals surface area (Å²) in [7, 11) is 0. The molecular formula is C17H16BrFO. The molecule has 0 N–H and O–H groups in total. The summed E-state index contributed by atoms with van der Waals surface area (Å²) >= 11 is 3.67. The van der Waals surface area contributed by atoms with E-state index in [0.717, 1.165) is 16.9 Å². The second kappa shape index (κ2) is 4.88. The Morgan fingerprint density at radius 2 is 1.90 bits per heavy atom. The molecule has 2 aromatic rings. The van der Waals surface area contributed by atoms with Crippen molar-refractivity contribution in [3.05, 3.63) is 65.0 Å². The fraction of sp³-hybridized carbons (Fsp3) is 0.294. The maximum absolute atomic E-state index is 13.3. The zero-order valence-corrected chi connectivity index (χ0v) is 13.1. The quantitative estimate of drug-likeness (QED) is 0.704. The number of rotatable bonds is 2. The minimum atomic E-state index is -0.211. The van der Waals surface area contributed by atoms with Crippen molar-refractivity contribution in [1.82, 2.24) is 0 Å². The Kier molecular flexibility index (Phi) is 3.33. The lowest BCUT2D eigenvalue weighted by atomic mass is 9.85. The number of alkyl halides is 1. The zero-order chi connectivity index (χ0) is 14.3. The topological polar surface area (TPSA) is 9.23 Å². The van der Waals surface area contributed by atoms with E-state index in [1.54, 1.807) is 12.1 Å². The molecule has 0 saturated heterocycles. The Balaban J connectivity index is 1.99. The van der Waals surface area contributed by atoms with E-state index < -0.39 is 0 Å². The average molecular weight is 335 g/mol. The van der Waals surface area contributed by atoms with Gasteiger partial charge >= 0.3 is 0 Å². The van der Waals surface area contributed by atoms with Crippen LogP contribution in [-0.2, 0) is 5.41 Å². The van der Waals surface area contributed by atoms with Crippen LogP contribution in [0.5, 0.6) is 5.75 Å². The summed E-state index contributed by atoms with van der Waals surface area (Å²) in [5.41, 5.74) is 3.28. The fourth-order valence-electron chi connectivity index (χ4n) is 2.55. The number of halogens is 2. The van der Waals surface area contributed by atoms with Gasteiger partial charge in [-0.3, -0.25) is 0 Å². The van der Waals surface area contributed by atoms with Crippen molar-refractivity contribution in [3.63, 3.8) is 0 Å². The van der Waals surface area contributed by atoms with Crippen LogP contribution in [0, 0.1) is 5.82 Å². The molecule has 0 spiro atoms. The van der Waals surface area contributed by atoms with Gasteiger partial charge in [0.05, 0.1) is 11.4 Å². The molecule has 20 heavy (non-hydrogen) atoms. The molecule has 1 atom stereocenters. The van der Waals surface area contributed by atoms with Crippen LogP contribution in [-0.4, -0.2) is 6.61 Å². The molecule has 1 aliphatic rings. The molecule has 0 saturated carbocycles. The van der Waals surface area contributed by atoms with Gasteiger partial charge in [0, 0.05) is 11.0 Å². The van der Waals surface area contributed by atoms with Crippen LogP contribution >= 0.6 is 15.9 Å². The van der Waals surface area contributed by atoms with Gasteiger partial charge in [0.2, 0.25) is 0 Å². The van der Waals surface area contributed by atoms with Crippen molar-refractivity contribution in [1.29, 1.82) is 0 Å². The Labute approximate surface area is 126 Å². The van der Waals surface area contributed by atoms with Crippen molar-refractivity contribution in [2.45, 2.75) is 24.1 Å². The summed E-state index contributed by atoms with van der Waals surface area (Å²) < 4.78 is 19.0. The lowest BCUT2D eigenvalue weighted by molar-refractivity contribution is 0.291. The maximum atomic E-state index is 13.3. The van der Waals surface area contributed by atoms with Gasteiger partial charge < -0.3 is 4.74 Å². The first kappa shape index (κ1) is 13.6. The fourth-order valence-corrected chi connectivity index (χ4v) is 3.12. The van der Waals surface area contributed by atoms with Crippen LogP contribution in [0.25, 0.3) is 0 Å². The van der Waals surface area contributed by atoms with Gasteiger partial charge in [-0.2, -0.15) is 0 Å². The summed E-state index contributed by atoms with van der Waals surface area (Å²) in [5, 5.41) is 0. The minimum Gasteiger partial charge on any atom is -0.492 e. The van der Waals surface area contributed by atoms with E-state index >= 15 is 0 Å². The Morgan fingerprint density at radius 3 is 2.65 bits per heavy atom. The van der Waals surface area contributed by atoms with Crippen LogP contribution in [0.4, 0.5) is 4.39 Å². The normalized spacial score (nSPS) is 17.4. The van der Waals surface area contributed by atoms with Crippen LogP contribution in [0.1, 0.15) is 35.4 Å². The Hall–Kier alpha value is -1.35. The highest BCUT2D eigenvalue weighted by atomic mass is 79.9. The molecule has 0 bridgehead atoms. The molecule has 3 heteroatoms. The number of hydrogen-bond donors (Lipinski definition) is 0. The highest BCUT2D eigenvalue weighted by Gasteiger charge is 2.32. The second-order valence-electron chi connectivity index (χ2n) is 5.85. The van der Waals surface area contributed by atoms with Gasteiger partial charge in [-0.15, -0.1) is 0 Å². The predicted molar refractivity (Wildman–Crippen MR) is 82.1 cm³/mol. The third-order valence-electron chi connectivity index (χ3n) is 3.76. The molecule has 0 aliphatic carbocycles. The smallest absolute Gasteiger partial charge is 0.123 e. The van der Waals surface area contributed by atoms with Gasteiger partial charge in [-0.05, 0) is 35.4 Å². The zero-order valence-electron chi connectivity index (χ0n) is 11.5. The van der Waals surface area contributed by atoms with Crippen LogP contribution in [0.3, 0.4) is 0 Å². The predicted octanol–water partition coefficient (Wildman–Crippen LogP) is 4.98. The number of ether oxygens (including phenoxy) is 1. The summed E-state index contributed by atoms with van der Waals surface area (Å²) in [6.07, 6.45) is 0. The van der Waals surface area contributed by atoms with Gasteiger partial charge in [0.15, 0.2) is 0 Å². The first-order valence-corrected chi connectivity index (χ1v) is 7.56. The summed E-state index contributed by atoms with van der Waals surface area (Å²) in [6, 6.07) is 12.9. The SMILES string of the molecule is CC1(C)COc2ccc(C(Br)c3cccc(F)c3)cc21. The standard InChI is InChI=1S/C17H16BrFO/c1-17(2)10-20-15-7-6-12(9-14(15)17)16(18)11-4-3-5-13(19)8-11/h3-9,16H,10H2,1-2H3. The Bertz CT molecular complexity index is 651. The third kappa shape index (κ3) is 2.35. The average Bonchev–Trinajstić information content (AvgIpc) is 2.73. The summed E-state index contributed by atoms with van der Waals surface area (Å²) in [4.78, 5) is -0.0140. The van der Waals surface area contributed by atoms with Crippen molar-refractivity contribution >= 4 is 15.9 Å². The van der Waals surface area contributed by atoms with Gasteiger partial charge in [-0.1, -0.05) is 48.0 Å².